The number of nitrogens with zero attached hydrogens (tertiary/aromatic N) is 2. The van der Waals surface area contributed by atoms with Crippen molar-refractivity contribution in [3.63, 3.8) is 0 Å². The summed E-state index contributed by atoms with van der Waals surface area (Å²) in [5, 5.41) is 2.69. The van der Waals surface area contributed by atoms with Crippen molar-refractivity contribution >= 4 is 31.6 Å². The van der Waals surface area contributed by atoms with E-state index in [1.165, 1.54) is 57.1 Å². The Hall–Kier alpha value is -2.35. The molecular weight excluding hydrogens is 470 g/mol. The summed E-state index contributed by atoms with van der Waals surface area (Å²) in [5.41, 5.74) is 0.701. The lowest BCUT2D eigenvalue weighted by atomic mass is 10.2. The number of morpholine rings is 2. The molecule has 2 heterocycles. The minimum atomic E-state index is -3.64. The van der Waals surface area contributed by atoms with Gasteiger partial charge >= 0.3 is 0 Å². The molecule has 2 saturated heterocycles. The smallest absolute Gasteiger partial charge is 0.255 e. The molecule has 0 aliphatic carbocycles. The quantitative estimate of drug-likeness (QED) is 0.634. The lowest BCUT2D eigenvalue weighted by Gasteiger charge is -2.26. The molecule has 10 nitrogen and oxygen atoms in total. The number of nitrogens with one attached hydrogen (secondary N) is 1. The highest BCUT2D eigenvalue weighted by molar-refractivity contribution is 7.89. The molecular formula is C21H25N3O7S2. The Balaban J connectivity index is 1.42. The summed E-state index contributed by atoms with van der Waals surface area (Å²) in [6.45, 7) is 2.62. The van der Waals surface area contributed by atoms with Crippen LogP contribution in [0.3, 0.4) is 0 Å². The van der Waals surface area contributed by atoms with E-state index in [-0.39, 0.29) is 15.4 Å². The number of ether oxygens (including phenoxy) is 2. The van der Waals surface area contributed by atoms with E-state index in [1.54, 1.807) is 0 Å². The molecule has 0 aromatic heterocycles. The summed E-state index contributed by atoms with van der Waals surface area (Å²) in [7, 11) is -7.25. The van der Waals surface area contributed by atoms with Crippen molar-refractivity contribution in [3.8, 4) is 0 Å². The number of carbonyl (C=O) groups is 1. The van der Waals surface area contributed by atoms with Gasteiger partial charge in [0.2, 0.25) is 20.0 Å². The van der Waals surface area contributed by atoms with E-state index in [0.29, 0.717) is 58.3 Å². The number of sulfonamides is 2. The fourth-order valence-electron chi connectivity index (χ4n) is 3.56. The second kappa shape index (κ2) is 9.87. The molecule has 2 aliphatic rings. The fraction of sp³-hybridized carbons (Fsp3) is 0.381. The topological polar surface area (TPSA) is 122 Å². The van der Waals surface area contributed by atoms with E-state index in [0.717, 1.165) is 0 Å². The molecule has 0 saturated carbocycles. The van der Waals surface area contributed by atoms with Gasteiger partial charge < -0.3 is 14.8 Å². The Labute approximate surface area is 193 Å². The third-order valence-corrected chi connectivity index (χ3v) is 9.27. The van der Waals surface area contributed by atoms with Gasteiger partial charge in [0, 0.05) is 37.4 Å². The van der Waals surface area contributed by atoms with Crippen LogP contribution in [0.15, 0.2) is 58.3 Å². The largest absolute Gasteiger partial charge is 0.379 e. The molecule has 0 radical (unpaired) electrons. The highest BCUT2D eigenvalue weighted by atomic mass is 32.2. The van der Waals surface area contributed by atoms with Crippen molar-refractivity contribution in [1.82, 2.24) is 8.61 Å². The van der Waals surface area contributed by atoms with Crippen LogP contribution in [-0.2, 0) is 29.5 Å². The van der Waals surface area contributed by atoms with Gasteiger partial charge in [-0.15, -0.1) is 0 Å². The van der Waals surface area contributed by atoms with Crippen LogP contribution in [0.25, 0.3) is 0 Å². The number of rotatable bonds is 6. The lowest BCUT2D eigenvalue weighted by Crippen LogP contribution is -2.40. The first-order valence-electron chi connectivity index (χ1n) is 10.5. The van der Waals surface area contributed by atoms with Crippen LogP contribution in [0.4, 0.5) is 5.69 Å². The number of hydrogen-bond donors (Lipinski definition) is 1. The van der Waals surface area contributed by atoms with Crippen LogP contribution in [0.1, 0.15) is 10.4 Å². The monoisotopic (exact) mass is 495 g/mol. The standard InChI is InChI=1S/C21H25N3O7S2/c25-21(17-1-5-19(6-2-17)32(26,27)23-9-13-30-14-10-23)22-18-3-7-20(8-4-18)33(28,29)24-11-15-31-16-12-24/h1-8H,9-16H2,(H,22,25). The van der Waals surface area contributed by atoms with Crippen LogP contribution in [0, 0.1) is 0 Å². The molecule has 178 valence electrons. The molecule has 1 amide bonds. The second-order valence-corrected chi connectivity index (χ2v) is 11.4. The van der Waals surface area contributed by atoms with E-state index >= 15 is 0 Å². The van der Waals surface area contributed by atoms with Gasteiger partial charge in [-0.3, -0.25) is 4.79 Å². The molecule has 1 N–H and O–H groups in total. The van der Waals surface area contributed by atoms with Crippen LogP contribution < -0.4 is 5.32 Å². The average Bonchev–Trinajstić information content (AvgIpc) is 2.85. The number of anilines is 1. The maximum Gasteiger partial charge on any atom is 0.255 e. The van der Waals surface area contributed by atoms with Gasteiger partial charge in [-0.05, 0) is 48.5 Å². The van der Waals surface area contributed by atoms with Gasteiger partial charge in [0.1, 0.15) is 0 Å². The van der Waals surface area contributed by atoms with E-state index in [9.17, 15) is 21.6 Å². The molecule has 2 fully saturated rings. The summed E-state index contributed by atoms with van der Waals surface area (Å²) in [4.78, 5) is 12.8. The van der Waals surface area contributed by atoms with E-state index in [2.05, 4.69) is 5.32 Å². The molecule has 0 bridgehead atoms. The summed E-state index contributed by atoms with van der Waals surface area (Å²) >= 11 is 0. The predicted octanol–water partition coefficient (Wildman–Crippen LogP) is 0.981. The minimum absolute atomic E-state index is 0.110. The van der Waals surface area contributed by atoms with E-state index in [1.807, 2.05) is 0 Å². The van der Waals surface area contributed by atoms with Crippen molar-refractivity contribution in [3.05, 3.63) is 54.1 Å². The second-order valence-electron chi connectivity index (χ2n) is 7.54. The van der Waals surface area contributed by atoms with Gasteiger partial charge in [0.05, 0.1) is 36.2 Å². The average molecular weight is 496 g/mol. The van der Waals surface area contributed by atoms with E-state index < -0.39 is 26.0 Å². The zero-order valence-corrected chi connectivity index (χ0v) is 19.5. The molecule has 4 rings (SSSR count). The Morgan fingerprint density at radius 2 is 1.06 bits per heavy atom. The fourth-order valence-corrected chi connectivity index (χ4v) is 6.38. The Morgan fingerprint density at radius 1 is 0.667 bits per heavy atom. The molecule has 12 heteroatoms. The number of benzene rings is 2. The molecule has 2 aromatic rings. The molecule has 2 aliphatic heterocycles. The highest BCUT2D eigenvalue weighted by Crippen LogP contribution is 2.21. The zero-order valence-electron chi connectivity index (χ0n) is 17.8. The van der Waals surface area contributed by atoms with Crippen molar-refractivity contribution in [2.24, 2.45) is 0 Å². The Bertz CT molecular complexity index is 1190. The van der Waals surface area contributed by atoms with Crippen molar-refractivity contribution in [2.45, 2.75) is 9.79 Å². The minimum Gasteiger partial charge on any atom is -0.379 e. The third kappa shape index (κ3) is 5.26. The van der Waals surface area contributed by atoms with Crippen LogP contribution >= 0.6 is 0 Å². The maximum absolute atomic E-state index is 12.7. The first kappa shape index (κ1) is 23.8. The van der Waals surface area contributed by atoms with Gasteiger partial charge in [-0.2, -0.15) is 8.61 Å². The number of amides is 1. The van der Waals surface area contributed by atoms with E-state index in [4.69, 9.17) is 9.47 Å². The first-order valence-corrected chi connectivity index (χ1v) is 13.3. The van der Waals surface area contributed by atoms with Crippen molar-refractivity contribution in [1.29, 1.82) is 0 Å². The highest BCUT2D eigenvalue weighted by Gasteiger charge is 2.27. The van der Waals surface area contributed by atoms with Crippen molar-refractivity contribution in [2.75, 3.05) is 57.9 Å². The molecule has 33 heavy (non-hydrogen) atoms. The Kier molecular flexibility index (Phi) is 7.12. The van der Waals surface area contributed by atoms with Crippen LogP contribution in [-0.4, -0.2) is 84.0 Å². The lowest BCUT2D eigenvalue weighted by molar-refractivity contribution is 0.0730. The molecule has 2 aromatic carbocycles. The van der Waals surface area contributed by atoms with Crippen LogP contribution in [0.2, 0.25) is 0 Å². The summed E-state index contributed by atoms with van der Waals surface area (Å²) < 4.78 is 63.9. The summed E-state index contributed by atoms with van der Waals surface area (Å²) in [6.07, 6.45) is 0. The summed E-state index contributed by atoms with van der Waals surface area (Å²) in [6, 6.07) is 11.6. The van der Waals surface area contributed by atoms with Gasteiger partial charge in [-0.1, -0.05) is 0 Å². The number of carbonyl (C=O) groups excluding carboxylic acids is 1. The predicted molar refractivity (Wildman–Crippen MR) is 120 cm³/mol. The molecule has 0 spiro atoms. The van der Waals surface area contributed by atoms with Gasteiger partial charge in [0.15, 0.2) is 0 Å². The first-order chi connectivity index (χ1) is 15.8. The number of hydrogen-bond acceptors (Lipinski definition) is 7. The summed E-state index contributed by atoms with van der Waals surface area (Å²) in [5.74, 6) is -0.436. The third-order valence-electron chi connectivity index (χ3n) is 5.44. The van der Waals surface area contributed by atoms with Crippen LogP contribution in [0.5, 0.6) is 0 Å². The van der Waals surface area contributed by atoms with Crippen molar-refractivity contribution < 1.29 is 31.1 Å². The van der Waals surface area contributed by atoms with Gasteiger partial charge in [0.25, 0.3) is 5.91 Å². The van der Waals surface area contributed by atoms with Gasteiger partial charge in [-0.25, -0.2) is 16.8 Å². The Morgan fingerprint density at radius 3 is 1.48 bits per heavy atom. The molecule has 0 atom stereocenters. The maximum atomic E-state index is 12.7. The SMILES string of the molecule is O=C(Nc1ccc(S(=O)(=O)N2CCOCC2)cc1)c1ccc(S(=O)(=O)N2CCOCC2)cc1. The molecule has 0 unspecified atom stereocenters. The normalized spacial score (nSPS) is 18.7. The zero-order chi connectivity index (χ0) is 23.5.